The fourth-order valence-corrected chi connectivity index (χ4v) is 5.12. The third-order valence-electron chi connectivity index (χ3n) is 7.14. The fourth-order valence-electron chi connectivity index (χ4n) is 5.12. The molecule has 1 amide bonds. The van der Waals surface area contributed by atoms with Crippen LogP contribution in [0.5, 0.6) is 17.2 Å². The number of carbonyl (C=O) groups excluding carboxylic acids is 1. The van der Waals surface area contributed by atoms with Crippen LogP contribution >= 0.6 is 0 Å². The van der Waals surface area contributed by atoms with Crippen LogP contribution in [0.3, 0.4) is 0 Å². The lowest BCUT2D eigenvalue weighted by atomic mass is 9.86. The molecule has 194 valence electrons. The van der Waals surface area contributed by atoms with E-state index < -0.39 is 30.0 Å². The van der Waals surface area contributed by atoms with Gasteiger partial charge in [0.25, 0.3) is 5.91 Å². The van der Waals surface area contributed by atoms with Gasteiger partial charge in [-0.1, -0.05) is 6.07 Å². The van der Waals surface area contributed by atoms with Crippen molar-refractivity contribution in [3.8, 4) is 17.2 Å². The Labute approximate surface area is 213 Å². The summed E-state index contributed by atoms with van der Waals surface area (Å²) in [4.78, 5) is 29.8. The number of benzene rings is 2. The zero-order valence-corrected chi connectivity index (χ0v) is 20.4. The number of rotatable bonds is 7. The second kappa shape index (κ2) is 10.2. The number of fused-ring (bicyclic) bond motifs is 2. The van der Waals surface area contributed by atoms with Gasteiger partial charge in [0.1, 0.15) is 12.4 Å². The molecule has 0 radical (unpaired) electrons. The fraction of sp³-hybridized carbons (Fsp3) is 0.370. The Morgan fingerprint density at radius 2 is 2.05 bits per heavy atom. The van der Waals surface area contributed by atoms with Crippen LogP contribution in [-0.2, 0) is 9.59 Å². The Morgan fingerprint density at radius 1 is 1.22 bits per heavy atom. The van der Waals surface area contributed by atoms with Gasteiger partial charge in [-0.25, -0.2) is 0 Å². The van der Waals surface area contributed by atoms with E-state index in [4.69, 9.17) is 19.9 Å². The molecule has 10 nitrogen and oxygen atoms in total. The molecule has 1 fully saturated rings. The maximum atomic E-state index is 11.8. The highest BCUT2D eigenvalue weighted by atomic mass is 16.6. The molecule has 10 heteroatoms. The first-order valence-corrected chi connectivity index (χ1v) is 12.1. The van der Waals surface area contributed by atoms with E-state index in [-0.39, 0.29) is 12.6 Å². The van der Waals surface area contributed by atoms with E-state index in [1.807, 2.05) is 30.3 Å². The van der Waals surface area contributed by atoms with Gasteiger partial charge >= 0.3 is 5.97 Å². The summed E-state index contributed by atoms with van der Waals surface area (Å²) >= 11 is 0. The minimum atomic E-state index is -0.857. The lowest BCUT2D eigenvalue weighted by molar-refractivity contribution is -0.144. The number of ether oxygens (including phenoxy) is 3. The summed E-state index contributed by atoms with van der Waals surface area (Å²) in [5, 5.41) is 21.8. The van der Waals surface area contributed by atoms with Gasteiger partial charge in [-0.3, -0.25) is 19.5 Å². The van der Waals surface area contributed by atoms with E-state index in [1.54, 1.807) is 25.4 Å². The minimum absolute atomic E-state index is 0.00914. The van der Waals surface area contributed by atoms with Crippen molar-refractivity contribution in [3.05, 3.63) is 59.8 Å². The van der Waals surface area contributed by atoms with Gasteiger partial charge in [-0.2, -0.15) is 0 Å². The van der Waals surface area contributed by atoms with Crippen LogP contribution in [0.25, 0.3) is 10.9 Å². The van der Waals surface area contributed by atoms with Gasteiger partial charge in [0, 0.05) is 24.2 Å². The summed E-state index contributed by atoms with van der Waals surface area (Å²) in [5.74, 6) is -0.388. The zero-order valence-electron chi connectivity index (χ0n) is 20.4. The normalized spacial score (nSPS) is 22.4. The maximum absolute atomic E-state index is 11.8. The number of aliphatic hydroxyl groups is 1. The van der Waals surface area contributed by atoms with Crippen molar-refractivity contribution in [3.63, 3.8) is 0 Å². The molecule has 0 saturated carbocycles. The van der Waals surface area contributed by atoms with E-state index >= 15 is 0 Å². The van der Waals surface area contributed by atoms with Gasteiger partial charge < -0.3 is 30.2 Å². The van der Waals surface area contributed by atoms with E-state index in [0.29, 0.717) is 43.2 Å². The molecule has 3 unspecified atom stereocenters. The van der Waals surface area contributed by atoms with E-state index in [9.17, 15) is 19.8 Å². The van der Waals surface area contributed by atoms with Crippen molar-refractivity contribution < 1.29 is 34.0 Å². The van der Waals surface area contributed by atoms with Gasteiger partial charge in [-0.15, -0.1) is 0 Å². The number of aromatic nitrogens is 1. The number of amides is 1. The third-order valence-corrected chi connectivity index (χ3v) is 7.14. The van der Waals surface area contributed by atoms with E-state index in [0.717, 1.165) is 22.0 Å². The first kappa shape index (κ1) is 24.8. The zero-order chi connectivity index (χ0) is 26.1. The number of pyridine rings is 1. The minimum Gasteiger partial charge on any atom is -0.497 e. The summed E-state index contributed by atoms with van der Waals surface area (Å²) in [6.07, 6.45) is 0.840. The Balaban J connectivity index is 1.43. The first-order chi connectivity index (χ1) is 17.8. The predicted octanol–water partition coefficient (Wildman–Crippen LogP) is 2.44. The number of aliphatic carboxylic acids is 1. The molecule has 2 aliphatic rings. The second-order valence-corrected chi connectivity index (χ2v) is 9.40. The molecule has 37 heavy (non-hydrogen) atoms. The summed E-state index contributed by atoms with van der Waals surface area (Å²) in [6, 6.07) is 12.4. The highest BCUT2D eigenvalue weighted by molar-refractivity contribution is 5.84. The van der Waals surface area contributed by atoms with Crippen LogP contribution in [-0.4, -0.2) is 64.9 Å². The predicted molar refractivity (Wildman–Crippen MR) is 133 cm³/mol. The Kier molecular flexibility index (Phi) is 6.86. The number of nitrogens with zero attached hydrogens (tertiary/aromatic N) is 2. The molecule has 1 aromatic heterocycles. The molecule has 3 aromatic rings. The third kappa shape index (κ3) is 5.03. The van der Waals surface area contributed by atoms with Crippen molar-refractivity contribution in [2.75, 3.05) is 26.8 Å². The average molecular weight is 508 g/mol. The van der Waals surface area contributed by atoms with Gasteiger partial charge in [0.05, 0.1) is 24.6 Å². The number of nitrogens with two attached hydrogens (primary N) is 1. The molecular formula is C27H29N3O7. The van der Waals surface area contributed by atoms with Crippen LogP contribution in [0.15, 0.2) is 48.7 Å². The van der Waals surface area contributed by atoms with Crippen molar-refractivity contribution in [2.45, 2.75) is 31.1 Å². The molecule has 5 rings (SSSR count). The lowest BCUT2D eigenvalue weighted by Crippen LogP contribution is -2.42. The monoisotopic (exact) mass is 507 g/mol. The quantitative estimate of drug-likeness (QED) is 0.439. The Hall–Kier alpha value is -3.89. The summed E-state index contributed by atoms with van der Waals surface area (Å²) in [5.41, 5.74) is 7.66. The largest absolute Gasteiger partial charge is 0.497 e. The van der Waals surface area contributed by atoms with Crippen LogP contribution in [0.1, 0.15) is 36.1 Å². The van der Waals surface area contributed by atoms with Crippen molar-refractivity contribution >= 4 is 22.8 Å². The highest BCUT2D eigenvalue weighted by Crippen LogP contribution is 2.41. The Morgan fingerprint density at radius 3 is 2.81 bits per heavy atom. The van der Waals surface area contributed by atoms with Gasteiger partial charge in [-0.05, 0) is 66.9 Å². The van der Waals surface area contributed by atoms with E-state index in [1.165, 1.54) is 0 Å². The summed E-state index contributed by atoms with van der Waals surface area (Å²) in [7, 11) is 1.59. The summed E-state index contributed by atoms with van der Waals surface area (Å²) < 4.78 is 16.7. The molecule has 4 N–H and O–H groups in total. The lowest BCUT2D eigenvalue weighted by Gasteiger charge is -2.40. The average Bonchev–Trinajstić information content (AvgIpc) is 2.91. The van der Waals surface area contributed by atoms with Crippen LogP contribution in [0, 0.1) is 5.92 Å². The van der Waals surface area contributed by atoms with Crippen molar-refractivity contribution in [1.82, 2.24) is 9.88 Å². The van der Waals surface area contributed by atoms with Crippen LogP contribution in [0.4, 0.5) is 0 Å². The second-order valence-electron chi connectivity index (χ2n) is 9.40. The molecule has 3 heterocycles. The Bertz CT molecular complexity index is 1330. The molecule has 2 aromatic carbocycles. The van der Waals surface area contributed by atoms with Crippen LogP contribution < -0.4 is 19.9 Å². The molecule has 4 atom stereocenters. The number of likely N-dealkylation sites (tertiary alicyclic amines) is 1. The number of carboxylic acids is 1. The number of β-amino-alcohol motifs (C(OH)–C–C–N with tert-alkyl or cyclic N) is 1. The SMILES string of the molecule is COc1ccc2nccc(C(O)CN3CCC(C(=O)O)C[C@H]3c3ccc4c(c3)OCC(C(N)=O)O4)c2c1. The molecule has 0 bridgehead atoms. The molecule has 2 aliphatic heterocycles. The number of carboxylic acid groups (broad SMARTS) is 1. The highest BCUT2D eigenvalue weighted by Gasteiger charge is 2.35. The number of hydrogen-bond acceptors (Lipinski definition) is 8. The number of methoxy groups -OCH3 is 1. The molecule has 0 spiro atoms. The molecular weight excluding hydrogens is 478 g/mol. The topological polar surface area (TPSA) is 144 Å². The number of primary amides is 1. The number of piperidine rings is 1. The van der Waals surface area contributed by atoms with Crippen molar-refractivity contribution in [1.29, 1.82) is 0 Å². The van der Waals surface area contributed by atoms with Crippen LogP contribution in [0.2, 0.25) is 0 Å². The maximum Gasteiger partial charge on any atom is 0.306 e. The smallest absolute Gasteiger partial charge is 0.306 e. The van der Waals surface area contributed by atoms with Gasteiger partial charge in [0.15, 0.2) is 11.5 Å². The number of hydrogen-bond donors (Lipinski definition) is 3. The standard InChI is InChI=1S/C27H29N3O7/c1-35-17-3-4-20-19(12-17)18(6-8-29-20)22(31)13-30-9-7-16(27(33)34)10-21(30)15-2-5-23-24(11-15)36-14-25(37-23)26(28)32/h2-6,8,11-12,16,21-22,25,31H,7,9-10,13-14H2,1H3,(H2,28,32)(H,33,34)/t16?,21-,22?,25?/m0/s1. The summed E-state index contributed by atoms with van der Waals surface area (Å²) in [6.45, 7) is 0.809. The van der Waals surface area contributed by atoms with Gasteiger partial charge in [0.2, 0.25) is 6.10 Å². The number of carbonyl (C=O) groups is 2. The van der Waals surface area contributed by atoms with Crippen molar-refractivity contribution in [2.24, 2.45) is 11.7 Å². The number of aliphatic hydroxyl groups excluding tert-OH is 1. The van der Waals surface area contributed by atoms with E-state index in [2.05, 4.69) is 9.88 Å². The molecule has 0 aliphatic carbocycles. The molecule has 1 saturated heterocycles. The first-order valence-electron chi connectivity index (χ1n) is 12.1.